The van der Waals surface area contributed by atoms with Gasteiger partial charge >= 0.3 is 0 Å². The van der Waals surface area contributed by atoms with Gasteiger partial charge in [-0.1, -0.05) is 25.5 Å². The van der Waals surface area contributed by atoms with E-state index in [1.165, 1.54) is 27.7 Å². The molecule has 3 heterocycles. The Morgan fingerprint density at radius 3 is 2.63 bits per heavy atom. The molecule has 0 amide bonds. The third-order valence-electron chi connectivity index (χ3n) is 6.14. The monoisotopic (exact) mass is 363 g/mol. The third kappa shape index (κ3) is 3.07. The standard InChI is InChI=1S/C23H29N3O/c1-16(2)23(27,18-7-10-24-11-8-18)15-26-21-6-5-17(3)13-20(21)19-9-12-25(4)14-22(19)26/h5-8,10-11,13,16,27H,9,12,14-15H2,1-4H3. The van der Waals surface area contributed by atoms with Crippen molar-refractivity contribution in [3.05, 3.63) is 65.1 Å². The van der Waals surface area contributed by atoms with E-state index in [2.05, 4.69) is 60.5 Å². The lowest BCUT2D eigenvalue weighted by Crippen LogP contribution is -2.38. The molecule has 0 radical (unpaired) electrons. The fourth-order valence-corrected chi connectivity index (χ4v) is 4.36. The van der Waals surface area contributed by atoms with Crippen LogP contribution in [-0.4, -0.2) is 33.1 Å². The van der Waals surface area contributed by atoms with Crippen LogP contribution in [0, 0.1) is 12.8 Å². The quantitative estimate of drug-likeness (QED) is 0.765. The first kappa shape index (κ1) is 18.2. The molecule has 2 aromatic heterocycles. The van der Waals surface area contributed by atoms with Crippen LogP contribution in [0.5, 0.6) is 0 Å². The van der Waals surface area contributed by atoms with Crippen LogP contribution < -0.4 is 0 Å². The number of aryl methyl sites for hydroxylation is 1. The van der Waals surface area contributed by atoms with Crippen molar-refractivity contribution in [2.45, 2.75) is 45.9 Å². The van der Waals surface area contributed by atoms with Gasteiger partial charge in [0.15, 0.2) is 0 Å². The zero-order valence-electron chi connectivity index (χ0n) is 16.7. The second kappa shape index (κ2) is 6.77. The van der Waals surface area contributed by atoms with E-state index in [0.29, 0.717) is 6.54 Å². The van der Waals surface area contributed by atoms with Crippen LogP contribution in [0.4, 0.5) is 0 Å². The van der Waals surface area contributed by atoms with Crippen LogP contribution in [0.25, 0.3) is 10.9 Å². The Balaban J connectivity index is 1.89. The van der Waals surface area contributed by atoms with Crippen LogP contribution in [0.2, 0.25) is 0 Å². The lowest BCUT2D eigenvalue weighted by atomic mass is 9.83. The van der Waals surface area contributed by atoms with Gasteiger partial charge in [0.25, 0.3) is 0 Å². The molecule has 0 spiro atoms. The smallest absolute Gasteiger partial charge is 0.110 e. The number of aliphatic hydroxyl groups is 1. The van der Waals surface area contributed by atoms with E-state index in [-0.39, 0.29) is 5.92 Å². The van der Waals surface area contributed by atoms with Gasteiger partial charge in [0, 0.05) is 42.1 Å². The molecular formula is C23H29N3O. The third-order valence-corrected chi connectivity index (χ3v) is 6.14. The average Bonchev–Trinajstić information content (AvgIpc) is 2.94. The van der Waals surface area contributed by atoms with E-state index in [1.807, 2.05) is 12.1 Å². The molecular weight excluding hydrogens is 334 g/mol. The fourth-order valence-electron chi connectivity index (χ4n) is 4.36. The summed E-state index contributed by atoms with van der Waals surface area (Å²) in [5, 5.41) is 13.1. The van der Waals surface area contributed by atoms with Gasteiger partial charge in [-0.25, -0.2) is 0 Å². The van der Waals surface area contributed by atoms with Crippen LogP contribution in [0.15, 0.2) is 42.7 Å². The summed E-state index contributed by atoms with van der Waals surface area (Å²) in [7, 11) is 2.17. The highest BCUT2D eigenvalue weighted by atomic mass is 16.3. The topological polar surface area (TPSA) is 41.3 Å². The van der Waals surface area contributed by atoms with Crippen molar-refractivity contribution >= 4 is 10.9 Å². The van der Waals surface area contributed by atoms with Gasteiger partial charge < -0.3 is 14.6 Å². The Morgan fingerprint density at radius 2 is 1.93 bits per heavy atom. The maximum Gasteiger partial charge on any atom is 0.110 e. The normalized spacial score (nSPS) is 17.3. The van der Waals surface area contributed by atoms with Gasteiger partial charge in [-0.05, 0) is 61.7 Å². The highest BCUT2D eigenvalue weighted by molar-refractivity contribution is 5.86. The number of pyridine rings is 1. The van der Waals surface area contributed by atoms with Crippen molar-refractivity contribution in [2.24, 2.45) is 5.92 Å². The Labute approximate surface area is 161 Å². The summed E-state index contributed by atoms with van der Waals surface area (Å²) in [6, 6.07) is 10.6. The number of benzene rings is 1. The highest BCUT2D eigenvalue weighted by Gasteiger charge is 2.36. The van der Waals surface area contributed by atoms with Crippen molar-refractivity contribution in [1.82, 2.24) is 14.5 Å². The summed E-state index contributed by atoms with van der Waals surface area (Å²) in [6.45, 7) is 8.90. The van der Waals surface area contributed by atoms with Gasteiger partial charge in [-0.2, -0.15) is 0 Å². The van der Waals surface area contributed by atoms with E-state index in [0.717, 1.165) is 25.1 Å². The molecule has 27 heavy (non-hydrogen) atoms. The first-order valence-electron chi connectivity index (χ1n) is 9.82. The summed E-state index contributed by atoms with van der Waals surface area (Å²) < 4.78 is 2.36. The zero-order chi connectivity index (χ0) is 19.2. The summed E-state index contributed by atoms with van der Waals surface area (Å²) >= 11 is 0. The van der Waals surface area contributed by atoms with E-state index < -0.39 is 5.60 Å². The van der Waals surface area contributed by atoms with E-state index >= 15 is 0 Å². The molecule has 0 bridgehead atoms. The van der Waals surface area contributed by atoms with Gasteiger partial charge in [0.05, 0.1) is 6.54 Å². The number of hydrogen-bond acceptors (Lipinski definition) is 3. The molecule has 0 fully saturated rings. The van der Waals surface area contributed by atoms with Crippen molar-refractivity contribution in [1.29, 1.82) is 0 Å². The first-order valence-corrected chi connectivity index (χ1v) is 9.82. The van der Waals surface area contributed by atoms with Crippen molar-refractivity contribution in [3.8, 4) is 0 Å². The fraction of sp³-hybridized carbons (Fsp3) is 0.435. The predicted octanol–water partition coefficient (Wildman–Crippen LogP) is 3.88. The molecule has 1 aliphatic rings. The number of hydrogen-bond donors (Lipinski definition) is 1. The Morgan fingerprint density at radius 1 is 1.19 bits per heavy atom. The molecule has 1 aliphatic heterocycles. The number of nitrogens with zero attached hydrogens (tertiary/aromatic N) is 3. The Kier molecular flexibility index (Phi) is 4.57. The molecule has 1 N–H and O–H groups in total. The second-order valence-corrected chi connectivity index (χ2v) is 8.33. The molecule has 1 atom stereocenters. The average molecular weight is 364 g/mol. The lowest BCUT2D eigenvalue weighted by molar-refractivity contribution is -0.0265. The molecule has 0 saturated heterocycles. The van der Waals surface area contributed by atoms with Crippen LogP contribution in [0.1, 0.15) is 36.2 Å². The number of fused-ring (bicyclic) bond motifs is 3. The maximum atomic E-state index is 11.8. The highest BCUT2D eigenvalue weighted by Crippen LogP contribution is 2.37. The molecule has 1 aromatic carbocycles. The largest absolute Gasteiger partial charge is 0.383 e. The van der Waals surface area contributed by atoms with Crippen LogP contribution in [0.3, 0.4) is 0 Å². The van der Waals surface area contributed by atoms with E-state index in [4.69, 9.17) is 0 Å². The van der Waals surface area contributed by atoms with E-state index in [9.17, 15) is 5.11 Å². The molecule has 0 saturated carbocycles. The minimum atomic E-state index is -0.941. The van der Waals surface area contributed by atoms with Crippen molar-refractivity contribution in [3.63, 3.8) is 0 Å². The molecule has 142 valence electrons. The number of rotatable bonds is 4. The summed E-state index contributed by atoms with van der Waals surface area (Å²) in [6.07, 6.45) is 4.60. The molecule has 0 aliphatic carbocycles. The minimum absolute atomic E-state index is 0.0831. The lowest BCUT2D eigenvalue weighted by Gasteiger charge is -2.35. The SMILES string of the molecule is Cc1ccc2c(c1)c1c(n2CC(O)(c2ccncc2)C(C)C)CN(C)CC1. The molecule has 4 nitrogen and oxygen atoms in total. The minimum Gasteiger partial charge on any atom is -0.383 e. The number of likely N-dealkylation sites (N-methyl/N-ethyl adjacent to an activating group) is 1. The van der Waals surface area contributed by atoms with Crippen molar-refractivity contribution < 1.29 is 5.11 Å². The van der Waals surface area contributed by atoms with Crippen LogP contribution >= 0.6 is 0 Å². The van der Waals surface area contributed by atoms with E-state index in [1.54, 1.807) is 12.4 Å². The van der Waals surface area contributed by atoms with Crippen LogP contribution in [-0.2, 0) is 25.1 Å². The van der Waals surface area contributed by atoms with Gasteiger partial charge in [0.1, 0.15) is 5.60 Å². The molecule has 4 rings (SSSR count). The Bertz CT molecular complexity index is 961. The first-order chi connectivity index (χ1) is 12.9. The molecule has 4 heteroatoms. The summed E-state index contributed by atoms with van der Waals surface area (Å²) in [5.74, 6) is 0.0831. The second-order valence-electron chi connectivity index (χ2n) is 8.33. The zero-order valence-corrected chi connectivity index (χ0v) is 16.7. The van der Waals surface area contributed by atoms with Gasteiger partial charge in [-0.3, -0.25) is 4.98 Å². The van der Waals surface area contributed by atoms with Gasteiger partial charge in [-0.15, -0.1) is 0 Å². The Hall–Kier alpha value is -2.17. The maximum absolute atomic E-state index is 11.8. The number of aromatic nitrogens is 2. The van der Waals surface area contributed by atoms with Gasteiger partial charge in [0.2, 0.25) is 0 Å². The molecule has 1 unspecified atom stereocenters. The summed E-state index contributed by atoms with van der Waals surface area (Å²) in [5.41, 5.74) is 5.30. The molecule has 3 aromatic rings. The predicted molar refractivity (Wildman–Crippen MR) is 110 cm³/mol. The van der Waals surface area contributed by atoms with Crippen molar-refractivity contribution in [2.75, 3.05) is 13.6 Å². The summed E-state index contributed by atoms with van der Waals surface area (Å²) in [4.78, 5) is 6.50.